The second-order valence-corrected chi connectivity index (χ2v) is 6.69. The van der Waals surface area contributed by atoms with Crippen molar-refractivity contribution in [3.63, 3.8) is 0 Å². The minimum atomic E-state index is -0.0880. The van der Waals surface area contributed by atoms with Crippen molar-refractivity contribution in [1.82, 2.24) is 14.7 Å². The number of aromatic nitrogens is 2. The molecule has 6 heteroatoms. The molecule has 0 atom stereocenters. The number of thiazole rings is 1. The summed E-state index contributed by atoms with van der Waals surface area (Å²) in [5, 5.41) is 2.84. The quantitative estimate of drug-likeness (QED) is 0.559. The molecule has 0 spiro atoms. The van der Waals surface area contributed by atoms with Crippen molar-refractivity contribution in [3.05, 3.63) is 60.3 Å². The van der Waals surface area contributed by atoms with E-state index in [1.807, 2.05) is 42.6 Å². The fraction of sp³-hybridized carbons (Fsp3) is 0.158. The van der Waals surface area contributed by atoms with Gasteiger partial charge in [0.15, 0.2) is 4.96 Å². The zero-order valence-corrected chi connectivity index (χ0v) is 14.5. The van der Waals surface area contributed by atoms with Crippen LogP contribution in [0.25, 0.3) is 26.4 Å². The normalized spacial score (nSPS) is 11.2. The van der Waals surface area contributed by atoms with Crippen LogP contribution < -0.4 is 5.32 Å². The molecule has 126 valence electrons. The van der Waals surface area contributed by atoms with E-state index in [0.29, 0.717) is 18.7 Å². The number of carbonyl (C=O) groups excluding carboxylic acids is 1. The molecule has 0 fully saturated rings. The highest BCUT2D eigenvalue weighted by atomic mass is 32.1. The standard InChI is InChI=1S/C19H17N3O2S/c1-24-10-9-20-18(23)14-7-8-16-17(11-14)25-19-21-15(12-22(16)19)13-5-3-2-4-6-13/h2-8,11-12H,9-10H2,1H3,(H,20,23). The van der Waals surface area contributed by atoms with Gasteiger partial charge in [-0.2, -0.15) is 0 Å². The molecule has 0 unspecified atom stereocenters. The van der Waals surface area contributed by atoms with E-state index in [-0.39, 0.29) is 5.91 Å². The number of fused-ring (bicyclic) bond motifs is 3. The van der Waals surface area contributed by atoms with Crippen LogP contribution in [-0.2, 0) is 4.74 Å². The molecule has 4 aromatic rings. The van der Waals surface area contributed by atoms with E-state index in [0.717, 1.165) is 26.4 Å². The van der Waals surface area contributed by atoms with Gasteiger partial charge in [-0.15, -0.1) is 0 Å². The lowest BCUT2D eigenvalue weighted by Crippen LogP contribution is -2.26. The maximum absolute atomic E-state index is 12.2. The fourth-order valence-electron chi connectivity index (χ4n) is 2.76. The largest absolute Gasteiger partial charge is 0.383 e. The number of rotatable bonds is 5. The molecule has 0 saturated carbocycles. The van der Waals surface area contributed by atoms with Crippen LogP contribution in [0.2, 0.25) is 0 Å². The molecule has 0 aliphatic carbocycles. The minimum absolute atomic E-state index is 0.0880. The predicted molar refractivity (Wildman–Crippen MR) is 100 cm³/mol. The topological polar surface area (TPSA) is 55.6 Å². The van der Waals surface area contributed by atoms with Crippen LogP contribution >= 0.6 is 11.3 Å². The Balaban J connectivity index is 1.67. The molecular formula is C19H17N3O2S. The Morgan fingerprint density at radius 3 is 2.88 bits per heavy atom. The Morgan fingerprint density at radius 2 is 2.08 bits per heavy atom. The lowest BCUT2D eigenvalue weighted by Gasteiger charge is -2.04. The van der Waals surface area contributed by atoms with Crippen molar-refractivity contribution in [3.8, 4) is 11.3 Å². The summed E-state index contributed by atoms with van der Waals surface area (Å²) in [6.07, 6.45) is 2.04. The highest BCUT2D eigenvalue weighted by Crippen LogP contribution is 2.30. The first-order valence-corrected chi connectivity index (χ1v) is 8.82. The zero-order valence-electron chi connectivity index (χ0n) is 13.7. The van der Waals surface area contributed by atoms with Gasteiger partial charge in [0, 0.05) is 31.0 Å². The van der Waals surface area contributed by atoms with Gasteiger partial charge < -0.3 is 10.1 Å². The third-order valence-electron chi connectivity index (χ3n) is 4.02. The summed E-state index contributed by atoms with van der Waals surface area (Å²) in [6.45, 7) is 1.00. The predicted octanol–water partition coefficient (Wildman–Crippen LogP) is 3.59. The van der Waals surface area contributed by atoms with Crippen LogP contribution in [0, 0.1) is 0 Å². The van der Waals surface area contributed by atoms with Crippen molar-refractivity contribution < 1.29 is 9.53 Å². The van der Waals surface area contributed by atoms with Crippen LogP contribution in [0.4, 0.5) is 0 Å². The fourth-order valence-corrected chi connectivity index (χ4v) is 3.81. The van der Waals surface area contributed by atoms with E-state index in [4.69, 9.17) is 9.72 Å². The van der Waals surface area contributed by atoms with Crippen LogP contribution in [0.3, 0.4) is 0 Å². The highest BCUT2D eigenvalue weighted by molar-refractivity contribution is 7.23. The zero-order chi connectivity index (χ0) is 17.2. The number of amides is 1. The molecule has 0 bridgehead atoms. The Hall–Kier alpha value is -2.70. The first-order valence-electron chi connectivity index (χ1n) is 8.00. The average Bonchev–Trinajstić information content (AvgIpc) is 3.20. The molecule has 0 aliphatic rings. The van der Waals surface area contributed by atoms with Crippen LogP contribution in [0.15, 0.2) is 54.7 Å². The number of methoxy groups -OCH3 is 1. The number of nitrogens with one attached hydrogen (secondary N) is 1. The average molecular weight is 351 g/mol. The molecule has 0 saturated heterocycles. The Bertz CT molecular complexity index is 1040. The lowest BCUT2D eigenvalue weighted by atomic mass is 10.2. The number of hydrogen-bond acceptors (Lipinski definition) is 4. The van der Waals surface area contributed by atoms with E-state index in [2.05, 4.69) is 21.9 Å². The van der Waals surface area contributed by atoms with Gasteiger partial charge in [-0.3, -0.25) is 9.20 Å². The number of benzene rings is 2. The van der Waals surface area contributed by atoms with Crippen molar-refractivity contribution in [1.29, 1.82) is 0 Å². The SMILES string of the molecule is COCCNC(=O)c1ccc2c(c1)sc1nc(-c3ccccc3)cn12. The van der Waals surface area contributed by atoms with Crippen molar-refractivity contribution in [2.24, 2.45) is 0 Å². The summed E-state index contributed by atoms with van der Waals surface area (Å²) in [6, 6.07) is 15.9. The molecule has 0 aliphatic heterocycles. The lowest BCUT2D eigenvalue weighted by molar-refractivity contribution is 0.0937. The maximum atomic E-state index is 12.2. The van der Waals surface area contributed by atoms with Gasteiger partial charge in [0.25, 0.3) is 5.91 Å². The second-order valence-electron chi connectivity index (χ2n) is 5.68. The summed E-state index contributed by atoms with van der Waals surface area (Å²) < 4.78 is 8.07. The summed E-state index contributed by atoms with van der Waals surface area (Å²) >= 11 is 1.58. The first kappa shape index (κ1) is 15.8. The molecule has 1 N–H and O–H groups in total. The summed E-state index contributed by atoms with van der Waals surface area (Å²) in [7, 11) is 1.61. The number of imidazole rings is 1. The number of hydrogen-bond donors (Lipinski definition) is 1. The molecule has 5 nitrogen and oxygen atoms in total. The second kappa shape index (κ2) is 6.66. The van der Waals surface area contributed by atoms with Gasteiger partial charge in [-0.25, -0.2) is 4.98 Å². The Morgan fingerprint density at radius 1 is 1.24 bits per heavy atom. The van der Waals surface area contributed by atoms with E-state index in [1.165, 1.54) is 0 Å². The third-order valence-corrected chi connectivity index (χ3v) is 5.04. The monoisotopic (exact) mass is 351 g/mol. The van der Waals surface area contributed by atoms with Gasteiger partial charge in [0.2, 0.25) is 0 Å². The number of nitrogens with zero attached hydrogens (tertiary/aromatic N) is 2. The highest BCUT2D eigenvalue weighted by Gasteiger charge is 2.12. The van der Waals surface area contributed by atoms with Crippen LogP contribution in [0.1, 0.15) is 10.4 Å². The van der Waals surface area contributed by atoms with E-state index >= 15 is 0 Å². The van der Waals surface area contributed by atoms with Crippen molar-refractivity contribution in [2.75, 3.05) is 20.3 Å². The van der Waals surface area contributed by atoms with E-state index < -0.39 is 0 Å². The molecule has 2 aromatic carbocycles. The van der Waals surface area contributed by atoms with Gasteiger partial charge in [-0.05, 0) is 18.2 Å². The molecule has 0 radical (unpaired) electrons. The van der Waals surface area contributed by atoms with Crippen LogP contribution in [0.5, 0.6) is 0 Å². The Labute approximate surface area is 148 Å². The van der Waals surface area contributed by atoms with Crippen molar-refractivity contribution in [2.45, 2.75) is 0 Å². The summed E-state index contributed by atoms with van der Waals surface area (Å²) in [5.74, 6) is -0.0880. The van der Waals surface area contributed by atoms with Crippen molar-refractivity contribution >= 4 is 32.4 Å². The molecule has 25 heavy (non-hydrogen) atoms. The smallest absolute Gasteiger partial charge is 0.251 e. The maximum Gasteiger partial charge on any atom is 0.251 e. The van der Waals surface area contributed by atoms with E-state index in [1.54, 1.807) is 18.4 Å². The first-order chi connectivity index (χ1) is 12.3. The molecule has 2 heterocycles. The summed E-state index contributed by atoms with van der Waals surface area (Å²) in [4.78, 5) is 17.8. The van der Waals surface area contributed by atoms with Gasteiger partial charge in [0.1, 0.15) is 0 Å². The molecular weight excluding hydrogens is 334 g/mol. The van der Waals surface area contributed by atoms with Gasteiger partial charge in [-0.1, -0.05) is 41.7 Å². The molecule has 1 amide bonds. The van der Waals surface area contributed by atoms with E-state index in [9.17, 15) is 4.79 Å². The number of carbonyl (C=O) groups is 1. The minimum Gasteiger partial charge on any atom is -0.383 e. The Kier molecular flexibility index (Phi) is 4.21. The number of ether oxygens (including phenoxy) is 1. The molecule has 2 aromatic heterocycles. The third kappa shape index (κ3) is 3.01. The van der Waals surface area contributed by atoms with Gasteiger partial charge in [0.05, 0.1) is 22.5 Å². The molecule has 4 rings (SSSR count). The summed E-state index contributed by atoms with van der Waals surface area (Å²) in [5.41, 5.74) is 3.76. The van der Waals surface area contributed by atoms with Gasteiger partial charge >= 0.3 is 0 Å². The van der Waals surface area contributed by atoms with Crippen LogP contribution in [-0.4, -0.2) is 35.6 Å².